The number of rotatable bonds is 10. The summed E-state index contributed by atoms with van der Waals surface area (Å²) in [5, 5.41) is 0. The number of benzene rings is 1. The maximum atomic E-state index is 12.7. The van der Waals surface area contributed by atoms with Crippen molar-refractivity contribution < 1.29 is 17.0 Å². The Morgan fingerprint density at radius 2 is 1.69 bits per heavy atom. The maximum absolute atomic E-state index is 12.7. The van der Waals surface area contributed by atoms with Crippen molar-refractivity contribution in [1.29, 1.82) is 0 Å². The zero-order chi connectivity index (χ0) is 23.6. The summed E-state index contributed by atoms with van der Waals surface area (Å²) in [6, 6.07) is 10.5. The lowest BCUT2D eigenvalue weighted by atomic mass is 9.62. The SMILES string of the molecule is CC[Si](CC)(CC)O[C@H]1CCC[C@@]2(C)C1CCC2[C@@H](C)COS(=O)(=O)c1ccc(C)cc1. The molecule has 2 unspecified atom stereocenters. The second kappa shape index (κ2) is 10.3. The fraction of sp³-hybridized carbons (Fsp3) is 0.769. The molecule has 5 atom stereocenters. The Morgan fingerprint density at radius 3 is 2.28 bits per heavy atom. The van der Waals surface area contributed by atoms with Gasteiger partial charge in [0.15, 0.2) is 8.32 Å². The molecule has 0 heterocycles. The van der Waals surface area contributed by atoms with Crippen LogP contribution in [0.15, 0.2) is 29.2 Å². The maximum Gasteiger partial charge on any atom is 0.296 e. The molecule has 0 amide bonds. The Hall–Kier alpha value is -0.693. The highest BCUT2D eigenvalue weighted by Gasteiger charge is 2.54. The summed E-state index contributed by atoms with van der Waals surface area (Å²) in [6.07, 6.45) is 6.35. The van der Waals surface area contributed by atoms with Gasteiger partial charge in [0.25, 0.3) is 10.1 Å². The number of hydrogen-bond acceptors (Lipinski definition) is 4. The smallest absolute Gasteiger partial charge is 0.296 e. The van der Waals surface area contributed by atoms with Crippen LogP contribution in [0.25, 0.3) is 0 Å². The topological polar surface area (TPSA) is 52.6 Å². The summed E-state index contributed by atoms with van der Waals surface area (Å²) < 4.78 is 38.0. The Balaban J connectivity index is 1.68. The minimum absolute atomic E-state index is 0.203. The summed E-state index contributed by atoms with van der Waals surface area (Å²) in [4.78, 5) is 0.247. The highest BCUT2D eigenvalue weighted by atomic mass is 32.2. The lowest BCUT2D eigenvalue weighted by molar-refractivity contribution is -0.0236. The van der Waals surface area contributed by atoms with Crippen molar-refractivity contribution in [3.8, 4) is 0 Å². The van der Waals surface area contributed by atoms with Crippen LogP contribution >= 0.6 is 0 Å². The van der Waals surface area contributed by atoms with Crippen LogP contribution in [0.2, 0.25) is 18.1 Å². The van der Waals surface area contributed by atoms with E-state index in [4.69, 9.17) is 8.61 Å². The highest BCUT2D eigenvalue weighted by Crippen LogP contribution is 2.58. The van der Waals surface area contributed by atoms with Gasteiger partial charge in [-0.15, -0.1) is 0 Å². The molecule has 6 heteroatoms. The molecule has 0 spiro atoms. The monoisotopic (exact) mass is 480 g/mol. The number of fused-ring (bicyclic) bond motifs is 1. The van der Waals surface area contributed by atoms with Gasteiger partial charge in [0.1, 0.15) is 0 Å². The second-order valence-electron chi connectivity index (χ2n) is 10.6. The molecular weight excluding hydrogens is 436 g/mol. The third-order valence-electron chi connectivity index (χ3n) is 8.95. The first-order chi connectivity index (χ1) is 15.1. The predicted molar refractivity (Wildman–Crippen MR) is 134 cm³/mol. The Labute approximate surface area is 197 Å². The quantitative estimate of drug-likeness (QED) is 0.269. The molecule has 0 aromatic heterocycles. The van der Waals surface area contributed by atoms with Crippen molar-refractivity contribution in [2.45, 2.75) is 103 Å². The predicted octanol–water partition coefficient (Wildman–Crippen LogP) is 6.94. The van der Waals surface area contributed by atoms with E-state index in [-0.39, 0.29) is 22.8 Å². The molecule has 0 aliphatic heterocycles. The summed E-state index contributed by atoms with van der Waals surface area (Å²) in [7, 11) is -5.35. The van der Waals surface area contributed by atoms with Crippen LogP contribution in [0.3, 0.4) is 0 Å². The van der Waals surface area contributed by atoms with Crippen LogP contribution in [0.5, 0.6) is 0 Å². The normalized spacial score (nSPS) is 29.6. The van der Waals surface area contributed by atoms with E-state index in [1.54, 1.807) is 12.1 Å². The first-order valence-corrected chi connectivity index (χ1v) is 16.7. The number of aryl methyl sites for hydroxylation is 1. The van der Waals surface area contributed by atoms with Gasteiger partial charge in [0.2, 0.25) is 0 Å². The molecule has 0 bridgehead atoms. The van der Waals surface area contributed by atoms with Crippen molar-refractivity contribution in [1.82, 2.24) is 0 Å². The fourth-order valence-corrected chi connectivity index (χ4v) is 10.6. The standard InChI is InChI=1S/C26H44O4SSi/c1-7-32(8-2,9-3)30-25-11-10-18-26(6)23(16-17-24(25)26)21(5)19-29-31(27,28)22-14-12-20(4)13-15-22/h12-15,21,23-25H,7-11,16-19H2,1-6H3/t21-,23?,24?,25-,26+/m0/s1. The summed E-state index contributed by atoms with van der Waals surface area (Å²) in [5.74, 6) is 1.27. The van der Waals surface area contributed by atoms with Crippen LogP contribution in [0.1, 0.15) is 72.3 Å². The van der Waals surface area contributed by atoms with Crippen molar-refractivity contribution in [3.05, 3.63) is 29.8 Å². The molecule has 1 aromatic rings. The average Bonchev–Trinajstić information content (AvgIpc) is 3.14. The minimum Gasteiger partial charge on any atom is -0.414 e. The highest BCUT2D eigenvalue weighted by molar-refractivity contribution is 7.86. The molecule has 0 N–H and O–H groups in total. The van der Waals surface area contributed by atoms with E-state index in [1.165, 1.54) is 43.8 Å². The molecule has 2 aliphatic carbocycles. The fourth-order valence-electron chi connectivity index (χ4n) is 6.64. The molecule has 1 aromatic carbocycles. The minimum atomic E-state index is -3.71. The van der Waals surface area contributed by atoms with Crippen LogP contribution in [-0.2, 0) is 18.7 Å². The summed E-state index contributed by atoms with van der Waals surface area (Å²) in [5.41, 5.74) is 1.26. The lowest BCUT2D eigenvalue weighted by Gasteiger charge is -2.48. The van der Waals surface area contributed by atoms with Gasteiger partial charge < -0.3 is 4.43 Å². The Morgan fingerprint density at radius 1 is 1.06 bits per heavy atom. The van der Waals surface area contributed by atoms with E-state index in [9.17, 15) is 8.42 Å². The van der Waals surface area contributed by atoms with E-state index in [2.05, 4.69) is 34.6 Å². The molecule has 0 saturated heterocycles. The van der Waals surface area contributed by atoms with E-state index in [0.29, 0.717) is 17.9 Å². The van der Waals surface area contributed by atoms with Crippen LogP contribution in [0, 0.1) is 30.1 Å². The Bertz CT molecular complexity index is 841. The van der Waals surface area contributed by atoms with Gasteiger partial charge in [-0.05, 0) is 86.0 Å². The van der Waals surface area contributed by atoms with Crippen molar-refractivity contribution in [2.24, 2.45) is 23.2 Å². The zero-order valence-electron chi connectivity index (χ0n) is 21.0. The molecule has 2 fully saturated rings. The zero-order valence-corrected chi connectivity index (χ0v) is 22.8. The van der Waals surface area contributed by atoms with E-state index < -0.39 is 18.4 Å². The first-order valence-electron chi connectivity index (χ1n) is 12.7. The summed E-state index contributed by atoms with van der Waals surface area (Å²) in [6.45, 7) is 13.8. The molecule has 2 aliphatic rings. The van der Waals surface area contributed by atoms with Gasteiger partial charge in [0, 0.05) is 6.10 Å². The Kier molecular flexibility index (Phi) is 8.33. The third kappa shape index (κ3) is 5.18. The van der Waals surface area contributed by atoms with E-state index >= 15 is 0 Å². The molecule has 3 rings (SSSR count). The average molecular weight is 481 g/mol. The molecule has 0 radical (unpaired) electrons. The molecular formula is C26H44O4SSi. The first kappa shape index (κ1) is 25.9. The molecule has 4 nitrogen and oxygen atoms in total. The van der Waals surface area contributed by atoms with Crippen molar-refractivity contribution >= 4 is 18.4 Å². The van der Waals surface area contributed by atoms with Gasteiger partial charge >= 0.3 is 0 Å². The lowest BCUT2D eigenvalue weighted by Crippen LogP contribution is -2.48. The number of hydrogen-bond donors (Lipinski definition) is 0. The van der Waals surface area contributed by atoms with Gasteiger partial charge in [-0.1, -0.05) is 58.7 Å². The van der Waals surface area contributed by atoms with Crippen LogP contribution < -0.4 is 0 Å². The van der Waals surface area contributed by atoms with Crippen LogP contribution in [0.4, 0.5) is 0 Å². The van der Waals surface area contributed by atoms with E-state index in [0.717, 1.165) is 12.0 Å². The van der Waals surface area contributed by atoms with Crippen LogP contribution in [-0.4, -0.2) is 29.4 Å². The largest absolute Gasteiger partial charge is 0.414 e. The van der Waals surface area contributed by atoms with Gasteiger partial charge in [0.05, 0.1) is 11.5 Å². The van der Waals surface area contributed by atoms with Gasteiger partial charge in [-0.25, -0.2) is 0 Å². The second-order valence-corrected chi connectivity index (χ2v) is 17.0. The van der Waals surface area contributed by atoms with Crippen molar-refractivity contribution in [2.75, 3.05) is 6.61 Å². The molecule has 32 heavy (non-hydrogen) atoms. The van der Waals surface area contributed by atoms with Gasteiger partial charge in [-0.2, -0.15) is 8.42 Å². The third-order valence-corrected chi connectivity index (χ3v) is 14.9. The van der Waals surface area contributed by atoms with E-state index in [1.807, 2.05) is 19.1 Å². The van der Waals surface area contributed by atoms with Gasteiger partial charge in [-0.3, -0.25) is 4.18 Å². The summed E-state index contributed by atoms with van der Waals surface area (Å²) >= 11 is 0. The molecule has 2 saturated carbocycles. The molecule has 182 valence electrons. The van der Waals surface area contributed by atoms with Crippen molar-refractivity contribution in [3.63, 3.8) is 0 Å².